The third kappa shape index (κ3) is 2.83. The third-order valence-corrected chi connectivity index (χ3v) is 4.95. The van der Waals surface area contributed by atoms with E-state index in [1.807, 2.05) is 17.0 Å². The van der Waals surface area contributed by atoms with E-state index in [0.717, 1.165) is 37.3 Å². The Morgan fingerprint density at radius 3 is 2.43 bits per heavy atom. The fraction of sp³-hybridized carbons (Fsp3) is 0.350. The first-order chi connectivity index (χ1) is 11.3. The lowest BCUT2D eigenvalue weighted by molar-refractivity contribution is -0.117. The average molecular weight is 306 g/mol. The molecule has 0 N–H and O–H groups in total. The topological polar surface area (TPSA) is 23.6 Å². The highest BCUT2D eigenvalue weighted by Crippen LogP contribution is 2.28. The first-order valence-electron chi connectivity index (χ1n) is 8.53. The normalized spacial score (nSPS) is 16.7. The van der Waals surface area contributed by atoms with Crippen LogP contribution >= 0.6 is 0 Å². The molecule has 0 unspecified atom stereocenters. The SMILES string of the molecule is O=C(Cc1ccc(N2CCCC2)cc1)N1CCc2ccccc21. The number of nitrogens with zero attached hydrogens (tertiary/aromatic N) is 2. The van der Waals surface area contributed by atoms with E-state index in [1.54, 1.807) is 0 Å². The van der Waals surface area contributed by atoms with Crippen molar-refractivity contribution in [3.63, 3.8) is 0 Å². The summed E-state index contributed by atoms with van der Waals surface area (Å²) in [7, 11) is 0. The van der Waals surface area contributed by atoms with Crippen LogP contribution in [-0.2, 0) is 17.6 Å². The summed E-state index contributed by atoms with van der Waals surface area (Å²) in [4.78, 5) is 17.0. The molecule has 0 spiro atoms. The summed E-state index contributed by atoms with van der Waals surface area (Å²) in [5.41, 5.74) is 4.75. The van der Waals surface area contributed by atoms with E-state index < -0.39 is 0 Å². The Bertz CT molecular complexity index is 702. The average Bonchev–Trinajstić information content (AvgIpc) is 3.25. The highest BCUT2D eigenvalue weighted by atomic mass is 16.2. The van der Waals surface area contributed by atoms with Gasteiger partial charge in [-0.05, 0) is 48.6 Å². The van der Waals surface area contributed by atoms with Crippen LogP contribution in [0.4, 0.5) is 11.4 Å². The molecule has 2 aromatic carbocycles. The van der Waals surface area contributed by atoms with Crippen LogP contribution in [0.5, 0.6) is 0 Å². The molecule has 0 aliphatic carbocycles. The van der Waals surface area contributed by atoms with Crippen molar-refractivity contribution in [1.82, 2.24) is 0 Å². The van der Waals surface area contributed by atoms with Crippen molar-refractivity contribution >= 4 is 17.3 Å². The molecule has 0 aromatic heterocycles. The van der Waals surface area contributed by atoms with E-state index in [0.29, 0.717) is 6.42 Å². The Hall–Kier alpha value is -2.29. The van der Waals surface area contributed by atoms with Gasteiger partial charge in [-0.1, -0.05) is 30.3 Å². The van der Waals surface area contributed by atoms with E-state index in [1.165, 1.54) is 24.1 Å². The summed E-state index contributed by atoms with van der Waals surface area (Å²) in [5, 5.41) is 0. The summed E-state index contributed by atoms with van der Waals surface area (Å²) in [6.45, 7) is 3.12. The van der Waals surface area contributed by atoms with Gasteiger partial charge in [0.15, 0.2) is 0 Å². The molecule has 1 saturated heterocycles. The van der Waals surface area contributed by atoms with Crippen LogP contribution < -0.4 is 9.80 Å². The van der Waals surface area contributed by atoms with Crippen molar-refractivity contribution in [1.29, 1.82) is 0 Å². The minimum absolute atomic E-state index is 0.198. The number of amides is 1. The van der Waals surface area contributed by atoms with Crippen molar-refractivity contribution in [3.8, 4) is 0 Å². The number of carbonyl (C=O) groups excluding carboxylic acids is 1. The number of anilines is 2. The lowest BCUT2D eigenvalue weighted by atomic mass is 10.1. The van der Waals surface area contributed by atoms with E-state index in [-0.39, 0.29) is 5.91 Å². The van der Waals surface area contributed by atoms with Crippen LogP contribution in [0.15, 0.2) is 48.5 Å². The standard InChI is InChI=1S/C20H22N2O/c23-20(22-14-11-17-5-1-2-6-19(17)22)15-16-7-9-18(10-8-16)21-12-3-4-13-21/h1-2,5-10H,3-4,11-15H2. The molecule has 4 rings (SSSR count). The van der Waals surface area contributed by atoms with Gasteiger partial charge in [-0.3, -0.25) is 4.79 Å². The predicted molar refractivity (Wildman–Crippen MR) is 94.1 cm³/mol. The van der Waals surface area contributed by atoms with Gasteiger partial charge >= 0.3 is 0 Å². The number of para-hydroxylation sites is 1. The third-order valence-electron chi connectivity index (χ3n) is 4.95. The number of carbonyl (C=O) groups is 1. The largest absolute Gasteiger partial charge is 0.372 e. The molecule has 2 aliphatic rings. The second-order valence-electron chi connectivity index (χ2n) is 6.46. The zero-order chi connectivity index (χ0) is 15.6. The highest BCUT2D eigenvalue weighted by molar-refractivity contribution is 5.96. The van der Waals surface area contributed by atoms with Gasteiger partial charge < -0.3 is 9.80 Å². The monoisotopic (exact) mass is 306 g/mol. The molecule has 0 saturated carbocycles. The van der Waals surface area contributed by atoms with Crippen LogP contribution in [-0.4, -0.2) is 25.5 Å². The van der Waals surface area contributed by atoms with E-state index in [4.69, 9.17) is 0 Å². The van der Waals surface area contributed by atoms with Gasteiger partial charge in [0.25, 0.3) is 0 Å². The maximum Gasteiger partial charge on any atom is 0.231 e. The van der Waals surface area contributed by atoms with E-state index in [9.17, 15) is 4.79 Å². The highest BCUT2D eigenvalue weighted by Gasteiger charge is 2.24. The second-order valence-corrected chi connectivity index (χ2v) is 6.46. The van der Waals surface area contributed by atoms with Crippen LogP contribution in [0, 0.1) is 0 Å². The fourth-order valence-electron chi connectivity index (χ4n) is 3.67. The minimum atomic E-state index is 0.198. The van der Waals surface area contributed by atoms with E-state index in [2.05, 4.69) is 41.3 Å². The van der Waals surface area contributed by atoms with Crippen LogP contribution in [0.25, 0.3) is 0 Å². The fourth-order valence-corrected chi connectivity index (χ4v) is 3.67. The van der Waals surface area contributed by atoms with Crippen molar-refractivity contribution in [3.05, 3.63) is 59.7 Å². The first-order valence-corrected chi connectivity index (χ1v) is 8.53. The molecular weight excluding hydrogens is 284 g/mol. The second kappa shape index (κ2) is 6.07. The van der Waals surface area contributed by atoms with Crippen molar-refractivity contribution in [2.24, 2.45) is 0 Å². The van der Waals surface area contributed by atoms with Gasteiger partial charge in [-0.2, -0.15) is 0 Å². The number of hydrogen-bond donors (Lipinski definition) is 0. The maximum absolute atomic E-state index is 12.6. The molecule has 0 atom stereocenters. The van der Waals surface area contributed by atoms with Gasteiger partial charge in [0.2, 0.25) is 5.91 Å². The Labute approximate surface area is 137 Å². The molecule has 23 heavy (non-hydrogen) atoms. The first kappa shape index (κ1) is 14.3. The van der Waals surface area contributed by atoms with Crippen LogP contribution in [0.3, 0.4) is 0 Å². The molecular formula is C20H22N2O. The minimum Gasteiger partial charge on any atom is -0.372 e. The number of benzene rings is 2. The van der Waals surface area contributed by atoms with E-state index >= 15 is 0 Å². The summed E-state index contributed by atoms with van der Waals surface area (Å²) < 4.78 is 0. The van der Waals surface area contributed by atoms with Gasteiger partial charge in [0.05, 0.1) is 6.42 Å². The lowest BCUT2D eigenvalue weighted by Gasteiger charge is -2.19. The Balaban J connectivity index is 1.45. The number of rotatable bonds is 3. The molecule has 2 aromatic rings. The molecule has 3 heteroatoms. The lowest BCUT2D eigenvalue weighted by Crippen LogP contribution is -2.30. The molecule has 2 aliphatic heterocycles. The van der Waals surface area contributed by atoms with Gasteiger partial charge in [0, 0.05) is 31.0 Å². The van der Waals surface area contributed by atoms with Gasteiger partial charge in [-0.15, -0.1) is 0 Å². The Morgan fingerprint density at radius 1 is 0.913 bits per heavy atom. The molecule has 1 amide bonds. The van der Waals surface area contributed by atoms with Crippen LogP contribution in [0.1, 0.15) is 24.0 Å². The van der Waals surface area contributed by atoms with Crippen LogP contribution in [0.2, 0.25) is 0 Å². The summed E-state index contributed by atoms with van der Waals surface area (Å²) in [5.74, 6) is 0.198. The van der Waals surface area contributed by atoms with Crippen molar-refractivity contribution < 1.29 is 4.79 Å². The smallest absolute Gasteiger partial charge is 0.231 e. The molecule has 2 heterocycles. The summed E-state index contributed by atoms with van der Waals surface area (Å²) in [6.07, 6.45) is 4.02. The molecule has 0 bridgehead atoms. The molecule has 1 fully saturated rings. The van der Waals surface area contributed by atoms with Crippen molar-refractivity contribution in [2.75, 3.05) is 29.4 Å². The van der Waals surface area contributed by atoms with Gasteiger partial charge in [0.1, 0.15) is 0 Å². The summed E-state index contributed by atoms with van der Waals surface area (Å²) in [6, 6.07) is 16.8. The predicted octanol–water partition coefficient (Wildman–Crippen LogP) is 3.42. The van der Waals surface area contributed by atoms with Gasteiger partial charge in [-0.25, -0.2) is 0 Å². The zero-order valence-corrected chi connectivity index (χ0v) is 13.4. The number of hydrogen-bond acceptors (Lipinski definition) is 2. The Kier molecular flexibility index (Phi) is 3.78. The molecule has 3 nitrogen and oxygen atoms in total. The molecule has 0 radical (unpaired) electrons. The maximum atomic E-state index is 12.6. The molecule has 118 valence electrons. The Morgan fingerprint density at radius 2 is 1.65 bits per heavy atom. The zero-order valence-electron chi connectivity index (χ0n) is 13.4. The summed E-state index contributed by atoms with van der Waals surface area (Å²) >= 11 is 0. The van der Waals surface area contributed by atoms with Crippen molar-refractivity contribution in [2.45, 2.75) is 25.7 Å². The quantitative estimate of drug-likeness (QED) is 0.867. The number of fused-ring (bicyclic) bond motifs is 1.